The van der Waals surface area contributed by atoms with Gasteiger partial charge in [-0.05, 0) is 58.9 Å². The van der Waals surface area contributed by atoms with Crippen LogP contribution >= 0.6 is 27.3 Å². The van der Waals surface area contributed by atoms with Crippen LogP contribution in [0.2, 0.25) is 0 Å². The van der Waals surface area contributed by atoms with Crippen LogP contribution in [0, 0.1) is 0 Å². The summed E-state index contributed by atoms with van der Waals surface area (Å²) in [7, 11) is 0. The molecule has 2 rings (SSSR count). The number of halogens is 1. The van der Waals surface area contributed by atoms with E-state index in [1.165, 1.54) is 9.35 Å². The van der Waals surface area contributed by atoms with E-state index in [0.717, 1.165) is 31.5 Å². The van der Waals surface area contributed by atoms with E-state index in [1.807, 2.05) is 23.6 Å². The van der Waals surface area contributed by atoms with Crippen LogP contribution < -0.4 is 5.32 Å². The lowest BCUT2D eigenvalue weighted by atomic mass is 10.1. The van der Waals surface area contributed by atoms with Gasteiger partial charge in [0.25, 0.3) is 0 Å². The molecule has 2 aromatic rings. The lowest BCUT2D eigenvalue weighted by Gasteiger charge is -2.17. The Morgan fingerprint density at radius 3 is 2.84 bits per heavy atom. The summed E-state index contributed by atoms with van der Waals surface area (Å²) < 4.78 is 1.22. The zero-order valence-electron chi connectivity index (χ0n) is 11.1. The van der Waals surface area contributed by atoms with Gasteiger partial charge in [-0.2, -0.15) is 0 Å². The maximum atomic E-state index is 4.43. The van der Waals surface area contributed by atoms with E-state index in [2.05, 4.69) is 56.7 Å². The van der Waals surface area contributed by atoms with Gasteiger partial charge in [-0.25, -0.2) is 0 Å². The van der Waals surface area contributed by atoms with Gasteiger partial charge >= 0.3 is 0 Å². The number of hydrogen-bond acceptors (Lipinski definition) is 3. The quantitative estimate of drug-likeness (QED) is 0.823. The lowest BCUT2D eigenvalue weighted by Crippen LogP contribution is -2.33. The van der Waals surface area contributed by atoms with E-state index >= 15 is 0 Å². The van der Waals surface area contributed by atoms with Crippen LogP contribution in [0.1, 0.15) is 23.9 Å². The summed E-state index contributed by atoms with van der Waals surface area (Å²) in [4.78, 5) is 5.84. The van der Waals surface area contributed by atoms with Gasteiger partial charge in [0.15, 0.2) is 0 Å². The molecule has 0 aliphatic heterocycles. The predicted octanol–water partition coefficient (Wildman–Crippen LogP) is 4.06. The number of thiophene rings is 1. The summed E-state index contributed by atoms with van der Waals surface area (Å²) in [6, 6.07) is 8.69. The molecule has 0 aromatic carbocycles. The van der Waals surface area contributed by atoms with E-state index in [1.54, 1.807) is 0 Å². The van der Waals surface area contributed by atoms with Crippen LogP contribution in [0.5, 0.6) is 0 Å². The van der Waals surface area contributed by atoms with Gasteiger partial charge in [-0.1, -0.05) is 13.0 Å². The Labute approximate surface area is 127 Å². The molecule has 4 heteroatoms. The second-order valence-corrected chi connectivity index (χ2v) is 6.43. The van der Waals surface area contributed by atoms with Crippen molar-refractivity contribution in [1.29, 1.82) is 0 Å². The molecule has 0 aliphatic carbocycles. The highest BCUT2D eigenvalue weighted by Crippen LogP contribution is 2.24. The molecule has 1 atom stereocenters. The van der Waals surface area contributed by atoms with Gasteiger partial charge in [0.1, 0.15) is 0 Å². The Bertz CT molecular complexity index is 484. The molecular weight excluding hydrogens is 320 g/mol. The normalized spacial score (nSPS) is 12.5. The number of hydrogen-bond donors (Lipinski definition) is 1. The summed E-state index contributed by atoms with van der Waals surface area (Å²) >= 11 is 5.43. The molecule has 2 aromatic heterocycles. The molecule has 0 amide bonds. The molecule has 1 N–H and O–H groups in total. The average Bonchev–Trinajstić information content (AvgIpc) is 2.83. The second kappa shape index (κ2) is 7.78. The molecule has 0 spiro atoms. The Morgan fingerprint density at radius 2 is 2.21 bits per heavy atom. The predicted molar refractivity (Wildman–Crippen MR) is 85.7 cm³/mol. The highest BCUT2D eigenvalue weighted by atomic mass is 79.9. The fourth-order valence-electron chi connectivity index (χ4n) is 2.03. The van der Waals surface area contributed by atoms with Crippen molar-refractivity contribution in [3.63, 3.8) is 0 Å². The van der Waals surface area contributed by atoms with Crippen molar-refractivity contribution in [3.8, 4) is 0 Å². The van der Waals surface area contributed by atoms with E-state index in [9.17, 15) is 0 Å². The standard InChI is InChI=1S/C15H19BrN2S/c1-2-7-17-13(10-12-5-3-4-8-18-12)11-15-14(16)6-9-19-15/h3-6,8-9,13,17H,2,7,10-11H2,1H3. The van der Waals surface area contributed by atoms with Gasteiger partial charge in [-0.3, -0.25) is 4.98 Å². The highest BCUT2D eigenvalue weighted by Gasteiger charge is 2.13. The monoisotopic (exact) mass is 338 g/mol. The van der Waals surface area contributed by atoms with E-state index < -0.39 is 0 Å². The third kappa shape index (κ3) is 4.71. The summed E-state index contributed by atoms with van der Waals surface area (Å²) in [5, 5.41) is 5.77. The third-order valence-corrected chi connectivity index (χ3v) is 4.94. The van der Waals surface area contributed by atoms with Gasteiger partial charge in [0, 0.05) is 33.7 Å². The fraction of sp³-hybridized carbons (Fsp3) is 0.400. The smallest absolute Gasteiger partial charge is 0.0419 e. The van der Waals surface area contributed by atoms with E-state index in [4.69, 9.17) is 0 Å². The molecule has 0 saturated carbocycles. The zero-order chi connectivity index (χ0) is 13.5. The highest BCUT2D eigenvalue weighted by molar-refractivity contribution is 9.10. The molecule has 1 unspecified atom stereocenters. The number of nitrogens with one attached hydrogen (secondary N) is 1. The fourth-order valence-corrected chi connectivity index (χ4v) is 3.63. The molecule has 0 radical (unpaired) electrons. The maximum absolute atomic E-state index is 4.43. The Balaban J connectivity index is 2.01. The molecule has 102 valence electrons. The van der Waals surface area contributed by atoms with Crippen molar-refractivity contribution in [3.05, 3.63) is 50.9 Å². The summed E-state index contributed by atoms with van der Waals surface area (Å²) in [5.41, 5.74) is 1.16. The van der Waals surface area contributed by atoms with Crippen molar-refractivity contribution in [2.45, 2.75) is 32.2 Å². The molecular formula is C15H19BrN2S. The van der Waals surface area contributed by atoms with E-state index in [0.29, 0.717) is 6.04 Å². The van der Waals surface area contributed by atoms with Gasteiger partial charge in [0.05, 0.1) is 0 Å². The van der Waals surface area contributed by atoms with E-state index in [-0.39, 0.29) is 0 Å². The minimum atomic E-state index is 0.449. The van der Waals surface area contributed by atoms with Crippen molar-refractivity contribution in [2.75, 3.05) is 6.54 Å². The van der Waals surface area contributed by atoms with Crippen molar-refractivity contribution in [1.82, 2.24) is 10.3 Å². The number of pyridine rings is 1. The maximum Gasteiger partial charge on any atom is 0.0419 e. The molecule has 2 nitrogen and oxygen atoms in total. The van der Waals surface area contributed by atoms with Crippen molar-refractivity contribution < 1.29 is 0 Å². The average molecular weight is 339 g/mol. The van der Waals surface area contributed by atoms with Crippen LogP contribution in [0.4, 0.5) is 0 Å². The first-order valence-corrected chi connectivity index (χ1v) is 8.32. The Hall–Kier alpha value is -0.710. The largest absolute Gasteiger partial charge is 0.313 e. The third-order valence-electron chi connectivity index (χ3n) is 2.99. The Kier molecular flexibility index (Phi) is 6.01. The van der Waals surface area contributed by atoms with Crippen LogP contribution in [0.3, 0.4) is 0 Å². The molecule has 0 bridgehead atoms. The zero-order valence-corrected chi connectivity index (χ0v) is 13.5. The second-order valence-electron chi connectivity index (χ2n) is 4.57. The minimum Gasteiger partial charge on any atom is -0.313 e. The van der Waals surface area contributed by atoms with Crippen LogP contribution in [-0.2, 0) is 12.8 Å². The lowest BCUT2D eigenvalue weighted by molar-refractivity contribution is 0.502. The number of rotatable bonds is 7. The number of aromatic nitrogens is 1. The topological polar surface area (TPSA) is 24.9 Å². The molecule has 0 aliphatic rings. The van der Waals surface area contributed by atoms with Gasteiger partial charge in [-0.15, -0.1) is 11.3 Å². The van der Waals surface area contributed by atoms with Crippen LogP contribution in [-0.4, -0.2) is 17.6 Å². The van der Waals surface area contributed by atoms with Crippen molar-refractivity contribution in [2.24, 2.45) is 0 Å². The Morgan fingerprint density at radius 1 is 1.32 bits per heavy atom. The minimum absolute atomic E-state index is 0.449. The summed E-state index contributed by atoms with van der Waals surface area (Å²) in [5.74, 6) is 0. The summed E-state index contributed by atoms with van der Waals surface area (Å²) in [6.45, 7) is 3.26. The summed E-state index contributed by atoms with van der Waals surface area (Å²) in [6.07, 6.45) is 5.05. The van der Waals surface area contributed by atoms with Crippen molar-refractivity contribution >= 4 is 27.3 Å². The molecule has 0 fully saturated rings. The first kappa shape index (κ1) is 14.7. The molecule has 19 heavy (non-hydrogen) atoms. The van der Waals surface area contributed by atoms with Gasteiger partial charge in [0.2, 0.25) is 0 Å². The number of nitrogens with zero attached hydrogens (tertiary/aromatic N) is 1. The van der Waals surface area contributed by atoms with Crippen LogP contribution in [0.25, 0.3) is 0 Å². The molecule has 2 heterocycles. The first-order chi connectivity index (χ1) is 9.29. The first-order valence-electron chi connectivity index (χ1n) is 6.64. The SMILES string of the molecule is CCCNC(Cc1ccccn1)Cc1sccc1Br. The van der Waals surface area contributed by atoms with Crippen LogP contribution in [0.15, 0.2) is 40.3 Å². The van der Waals surface area contributed by atoms with Gasteiger partial charge < -0.3 is 5.32 Å². The molecule has 0 saturated heterocycles.